The molecule has 0 amide bonds. The Bertz CT molecular complexity index is 1400. The van der Waals surface area contributed by atoms with Crippen LogP contribution >= 0.6 is 0 Å². The van der Waals surface area contributed by atoms with Gasteiger partial charge in [-0.15, -0.1) is 59.7 Å². The van der Waals surface area contributed by atoms with Crippen LogP contribution in [0.4, 0.5) is 0 Å². The summed E-state index contributed by atoms with van der Waals surface area (Å²) in [6, 6.07) is 41.1. The van der Waals surface area contributed by atoms with Crippen molar-refractivity contribution in [2.75, 3.05) is 0 Å². The molecule has 0 saturated carbocycles. The first-order valence-electron chi connectivity index (χ1n) is 10.5. The summed E-state index contributed by atoms with van der Waals surface area (Å²) >= 11 is 0. The van der Waals surface area contributed by atoms with Crippen molar-refractivity contribution in [3.05, 3.63) is 133 Å². The third-order valence-corrected chi connectivity index (χ3v) is 5.00. The fourth-order valence-electron chi connectivity index (χ4n) is 3.36. The molecule has 0 spiro atoms. The number of pyridine rings is 2. The molecule has 35 heavy (non-hydrogen) atoms. The Morgan fingerprint density at radius 3 is 2.09 bits per heavy atom. The van der Waals surface area contributed by atoms with Crippen LogP contribution in [0, 0.1) is 34.8 Å². The van der Waals surface area contributed by atoms with Gasteiger partial charge in [0.2, 0.25) is 0 Å². The summed E-state index contributed by atoms with van der Waals surface area (Å²) in [4.78, 5) is 8.55. The Morgan fingerprint density at radius 1 is 0.629 bits per heavy atom. The van der Waals surface area contributed by atoms with E-state index in [1.54, 1.807) is 30.5 Å². The maximum absolute atomic E-state index is 9.04. The molecule has 2 aromatic heterocycles. The van der Waals surface area contributed by atoms with Gasteiger partial charge >= 0.3 is 0 Å². The van der Waals surface area contributed by atoms with Crippen molar-refractivity contribution < 1.29 is 20.1 Å². The van der Waals surface area contributed by atoms with Gasteiger partial charge in [-0.3, -0.25) is 0 Å². The second-order valence-electron chi connectivity index (χ2n) is 7.15. The molecule has 0 unspecified atom stereocenters. The van der Waals surface area contributed by atoms with Gasteiger partial charge in [0, 0.05) is 38.6 Å². The van der Waals surface area contributed by atoms with Crippen LogP contribution in [0.3, 0.4) is 0 Å². The van der Waals surface area contributed by atoms with E-state index in [2.05, 4.69) is 40.3 Å². The molecule has 5 aromatic rings. The summed E-state index contributed by atoms with van der Waals surface area (Å²) in [5.74, 6) is 0. The topological polar surface area (TPSA) is 73.4 Å². The molecule has 5 rings (SSSR count). The van der Waals surface area contributed by atoms with E-state index >= 15 is 0 Å². The van der Waals surface area contributed by atoms with Crippen molar-refractivity contribution in [2.45, 2.75) is 0 Å². The van der Waals surface area contributed by atoms with Crippen molar-refractivity contribution in [2.24, 2.45) is 0 Å². The number of rotatable bonds is 3. The first kappa shape index (κ1) is 25.2. The largest absolute Gasteiger partial charge is 0.305 e. The molecule has 2 heterocycles. The molecule has 0 saturated heterocycles. The first-order valence-corrected chi connectivity index (χ1v) is 10.5. The molecule has 4 nitrogen and oxygen atoms in total. The SMILES string of the molecule is N#Cc1cc[c-]c(-c2ccccn2)c1C#N.[Ir].[c-]1ccccc1-c1cc(-c2ccccc2)ccn1. The molecular formula is C30H18IrN4-2. The summed E-state index contributed by atoms with van der Waals surface area (Å²) in [7, 11) is 0. The molecule has 0 bridgehead atoms. The van der Waals surface area contributed by atoms with Crippen LogP contribution in [0.15, 0.2) is 109 Å². The van der Waals surface area contributed by atoms with E-state index in [0.29, 0.717) is 22.4 Å². The fourth-order valence-corrected chi connectivity index (χ4v) is 3.36. The van der Waals surface area contributed by atoms with Crippen LogP contribution in [0.5, 0.6) is 0 Å². The standard InChI is InChI=1S/C17H12N.C13H6N3.Ir/c1-3-7-14(8-4-1)16-11-12-18-17(13-16)15-9-5-2-6-10-15;14-8-10-4-3-5-11(12(10)9-15)13-6-1-2-7-16-13;/h1-9,11-13H;1-4,6-7H;/q2*-1;. The average molecular weight is 627 g/mol. The molecular weight excluding hydrogens is 609 g/mol. The van der Waals surface area contributed by atoms with Gasteiger partial charge in [0.25, 0.3) is 0 Å². The van der Waals surface area contributed by atoms with Crippen molar-refractivity contribution >= 4 is 0 Å². The maximum atomic E-state index is 9.04. The third kappa shape index (κ3) is 6.34. The summed E-state index contributed by atoms with van der Waals surface area (Å²) in [5, 5.41) is 17.9. The Balaban J connectivity index is 0.000000192. The second-order valence-corrected chi connectivity index (χ2v) is 7.15. The Morgan fingerprint density at radius 2 is 1.40 bits per heavy atom. The summed E-state index contributed by atoms with van der Waals surface area (Å²) in [6.07, 6.45) is 3.49. The van der Waals surface area contributed by atoms with E-state index in [-0.39, 0.29) is 20.1 Å². The van der Waals surface area contributed by atoms with Crippen molar-refractivity contribution in [1.82, 2.24) is 9.97 Å². The Labute approximate surface area is 218 Å². The van der Waals surface area contributed by atoms with Crippen LogP contribution in [0.25, 0.3) is 33.6 Å². The number of benzene rings is 3. The van der Waals surface area contributed by atoms with Crippen LogP contribution in [-0.2, 0) is 20.1 Å². The number of hydrogen-bond donors (Lipinski definition) is 0. The number of hydrogen-bond acceptors (Lipinski definition) is 4. The predicted octanol–water partition coefficient (Wildman–Crippen LogP) is 6.51. The van der Waals surface area contributed by atoms with Crippen LogP contribution < -0.4 is 0 Å². The maximum Gasteiger partial charge on any atom is 0.0802 e. The van der Waals surface area contributed by atoms with Gasteiger partial charge in [-0.25, -0.2) is 5.26 Å². The van der Waals surface area contributed by atoms with E-state index < -0.39 is 0 Å². The summed E-state index contributed by atoms with van der Waals surface area (Å²) in [6.45, 7) is 0. The molecule has 3 aromatic carbocycles. The van der Waals surface area contributed by atoms with E-state index in [1.807, 2.05) is 72.9 Å². The predicted molar refractivity (Wildman–Crippen MR) is 132 cm³/mol. The number of nitrogens with zero attached hydrogens (tertiary/aromatic N) is 4. The van der Waals surface area contributed by atoms with Gasteiger partial charge in [0.05, 0.1) is 6.07 Å². The van der Waals surface area contributed by atoms with Gasteiger partial charge in [-0.05, 0) is 45.8 Å². The fraction of sp³-hybridized carbons (Fsp3) is 0. The molecule has 0 atom stereocenters. The molecule has 5 heteroatoms. The molecule has 1 radical (unpaired) electrons. The Kier molecular flexibility index (Phi) is 9.17. The molecule has 0 aliphatic rings. The van der Waals surface area contributed by atoms with Crippen LogP contribution in [0.2, 0.25) is 0 Å². The molecule has 0 aliphatic carbocycles. The van der Waals surface area contributed by atoms with E-state index in [9.17, 15) is 0 Å². The zero-order chi connectivity index (χ0) is 23.6. The van der Waals surface area contributed by atoms with Crippen molar-refractivity contribution in [3.63, 3.8) is 0 Å². The first-order chi connectivity index (χ1) is 16.8. The minimum atomic E-state index is 0. The number of aromatic nitrogens is 2. The van der Waals surface area contributed by atoms with Gasteiger partial charge < -0.3 is 9.97 Å². The van der Waals surface area contributed by atoms with Gasteiger partial charge in [0.15, 0.2) is 0 Å². The minimum absolute atomic E-state index is 0. The number of nitriles is 2. The van der Waals surface area contributed by atoms with Crippen molar-refractivity contribution in [1.29, 1.82) is 10.5 Å². The van der Waals surface area contributed by atoms with E-state index in [1.165, 1.54) is 11.1 Å². The third-order valence-electron chi connectivity index (χ3n) is 5.00. The van der Waals surface area contributed by atoms with Crippen LogP contribution in [-0.4, -0.2) is 9.97 Å². The monoisotopic (exact) mass is 627 g/mol. The quantitative estimate of drug-likeness (QED) is 0.214. The van der Waals surface area contributed by atoms with Gasteiger partial charge in [0.1, 0.15) is 0 Å². The average Bonchev–Trinajstić information content (AvgIpc) is 2.94. The van der Waals surface area contributed by atoms with E-state index in [0.717, 1.165) is 11.3 Å². The van der Waals surface area contributed by atoms with E-state index in [4.69, 9.17) is 10.5 Å². The molecule has 0 fully saturated rings. The normalized spacial score (nSPS) is 9.43. The second kappa shape index (κ2) is 12.7. The van der Waals surface area contributed by atoms with Crippen LogP contribution in [0.1, 0.15) is 11.1 Å². The van der Waals surface area contributed by atoms with Crippen molar-refractivity contribution in [3.8, 4) is 45.8 Å². The summed E-state index contributed by atoms with van der Waals surface area (Å²) in [5.41, 5.74) is 6.26. The minimum Gasteiger partial charge on any atom is -0.305 e. The Hall–Kier alpha value is -4.41. The zero-order valence-corrected chi connectivity index (χ0v) is 20.9. The van der Waals surface area contributed by atoms with Gasteiger partial charge in [-0.1, -0.05) is 48.5 Å². The molecule has 0 aliphatic heterocycles. The summed E-state index contributed by atoms with van der Waals surface area (Å²) < 4.78 is 0. The van der Waals surface area contributed by atoms with Gasteiger partial charge in [-0.2, -0.15) is 5.26 Å². The molecule has 169 valence electrons. The molecule has 0 N–H and O–H groups in total. The smallest absolute Gasteiger partial charge is 0.0802 e. The zero-order valence-electron chi connectivity index (χ0n) is 18.5.